The highest BCUT2D eigenvalue weighted by Crippen LogP contribution is 2.24. The van der Waals surface area contributed by atoms with Gasteiger partial charge in [-0.05, 0) is 37.1 Å². The first-order valence-electron chi connectivity index (χ1n) is 5.45. The van der Waals surface area contributed by atoms with E-state index in [0.717, 1.165) is 16.8 Å². The van der Waals surface area contributed by atoms with Gasteiger partial charge in [0.05, 0.1) is 11.7 Å². The lowest BCUT2D eigenvalue weighted by Gasteiger charge is -2.16. The maximum absolute atomic E-state index is 6.04. The molecule has 0 aliphatic carbocycles. The Balaban J connectivity index is 2.18. The zero-order valence-electron chi connectivity index (χ0n) is 9.81. The predicted molar refractivity (Wildman–Crippen MR) is 70.3 cm³/mol. The number of hydrogen-bond donors (Lipinski definition) is 1. The largest absolute Gasteiger partial charge is 0.376 e. The molecule has 1 atom stereocenters. The molecule has 0 amide bonds. The van der Waals surface area contributed by atoms with Crippen molar-refractivity contribution in [1.82, 2.24) is 9.97 Å². The van der Waals surface area contributed by atoms with Crippen LogP contribution in [0, 0.1) is 6.92 Å². The van der Waals surface area contributed by atoms with E-state index < -0.39 is 0 Å². The summed E-state index contributed by atoms with van der Waals surface area (Å²) in [5.74, 6) is 0. The van der Waals surface area contributed by atoms with Gasteiger partial charge in [0.25, 0.3) is 0 Å². The summed E-state index contributed by atoms with van der Waals surface area (Å²) in [6, 6.07) is 6.08. The molecule has 0 aromatic carbocycles. The summed E-state index contributed by atoms with van der Waals surface area (Å²) in [6.45, 7) is 4.05. The van der Waals surface area contributed by atoms with Crippen LogP contribution in [0.1, 0.15) is 24.1 Å². The highest BCUT2D eigenvalue weighted by Gasteiger charge is 2.08. The molecule has 0 radical (unpaired) electrons. The van der Waals surface area contributed by atoms with Crippen molar-refractivity contribution < 1.29 is 0 Å². The molecule has 0 saturated heterocycles. The van der Waals surface area contributed by atoms with Crippen molar-refractivity contribution in [1.29, 1.82) is 0 Å². The molecular weight excluding hydrogens is 234 g/mol. The highest BCUT2D eigenvalue weighted by molar-refractivity contribution is 6.31. The van der Waals surface area contributed by atoms with Gasteiger partial charge in [0.15, 0.2) is 5.15 Å². The second kappa shape index (κ2) is 5.15. The molecule has 2 rings (SSSR count). The van der Waals surface area contributed by atoms with Gasteiger partial charge in [-0.3, -0.25) is 4.98 Å². The average molecular weight is 248 g/mol. The molecule has 3 nitrogen and oxygen atoms in total. The molecule has 0 saturated carbocycles. The van der Waals surface area contributed by atoms with E-state index in [1.165, 1.54) is 0 Å². The molecule has 1 N–H and O–H groups in total. The van der Waals surface area contributed by atoms with Crippen molar-refractivity contribution in [2.75, 3.05) is 5.32 Å². The number of anilines is 1. The molecule has 2 aromatic heterocycles. The maximum Gasteiger partial charge on any atom is 0.152 e. The second-order valence-electron chi connectivity index (χ2n) is 4.00. The molecule has 0 fully saturated rings. The number of aromatic nitrogens is 2. The van der Waals surface area contributed by atoms with E-state index in [9.17, 15) is 0 Å². The molecular formula is C13H14ClN3. The van der Waals surface area contributed by atoms with Gasteiger partial charge in [0, 0.05) is 18.6 Å². The number of rotatable bonds is 3. The summed E-state index contributed by atoms with van der Waals surface area (Å²) in [7, 11) is 0. The fourth-order valence-corrected chi connectivity index (χ4v) is 1.76. The standard InChI is InChI=1S/C13H14ClN3/c1-9-6-12(13(14)16-7-9)17-10(2)11-4-3-5-15-8-11/h3-8,10,17H,1-2H3. The summed E-state index contributed by atoms with van der Waals surface area (Å²) in [4.78, 5) is 8.21. The molecule has 88 valence electrons. The monoisotopic (exact) mass is 247 g/mol. The first-order chi connectivity index (χ1) is 8.16. The molecule has 2 heterocycles. The SMILES string of the molecule is Cc1cnc(Cl)c(NC(C)c2cccnc2)c1. The van der Waals surface area contributed by atoms with Crippen LogP contribution in [-0.2, 0) is 0 Å². The number of halogens is 1. The fourth-order valence-electron chi connectivity index (χ4n) is 1.60. The van der Waals surface area contributed by atoms with Gasteiger partial charge in [0.2, 0.25) is 0 Å². The minimum atomic E-state index is 0.143. The van der Waals surface area contributed by atoms with Gasteiger partial charge >= 0.3 is 0 Å². The normalized spacial score (nSPS) is 12.2. The topological polar surface area (TPSA) is 37.8 Å². The van der Waals surface area contributed by atoms with Gasteiger partial charge in [-0.2, -0.15) is 0 Å². The number of nitrogens with one attached hydrogen (secondary N) is 1. The minimum Gasteiger partial charge on any atom is -0.376 e. The fraction of sp³-hybridized carbons (Fsp3) is 0.231. The van der Waals surface area contributed by atoms with Crippen LogP contribution in [0.25, 0.3) is 0 Å². The smallest absolute Gasteiger partial charge is 0.152 e. The summed E-state index contributed by atoms with van der Waals surface area (Å²) in [6.07, 6.45) is 5.36. The molecule has 4 heteroatoms. The van der Waals surface area contributed by atoms with Crippen LogP contribution in [-0.4, -0.2) is 9.97 Å². The van der Waals surface area contributed by atoms with Crippen molar-refractivity contribution in [3.05, 3.63) is 53.1 Å². The van der Waals surface area contributed by atoms with E-state index in [1.54, 1.807) is 12.4 Å². The van der Waals surface area contributed by atoms with Gasteiger partial charge < -0.3 is 5.32 Å². The Kier molecular flexibility index (Phi) is 3.59. The van der Waals surface area contributed by atoms with Crippen LogP contribution in [0.4, 0.5) is 5.69 Å². The van der Waals surface area contributed by atoms with Gasteiger partial charge in [-0.25, -0.2) is 4.98 Å². The summed E-state index contributed by atoms with van der Waals surface area (Å²) < 4.78 is 0. The number of hydrogen-bond acceptors (Lipinski definition) is 3. The van der Waals surface area contributed by atoms with Crippen LogP contribution in [0.5, 0.6) is 0 Å². The Bertz CT molecular complexity index is 499. The van der Waals surface area contributed by atoms with E-state index >= 15 is 0 Å². The first-order valence-corrected chi connectivity index (χ1v) is 5.83. The van der Waals surface area contributed by atoms with Crippen molar-refractivity contribution >= 4 is 17.3 Å². The van der Waals surface area contributed by atoms with Crippen molar-refractivity contribution in [2.24, 2.45) is 0 Å². The van der Waals surface area contributed by atoms with E-state index in [-0.39, 0.29) is 6.04 Å². The number of nitrogens with zero attached hydrogens (tertiary/aromatic N) is 2. The molecule has 1 unspecified atom stereocenters. The highest BCUT2D eigenvalue weighted by atomic mass is 35.5. The molecule has 0 spiro atoms. The van der Waals surface area contributed by atoms with E-state index in [4.69, 9.17) is 11.6 Å². The Morgan fingerprint density at radius 2 is 2.18 bits per heavy atom. The van der Waals surface area contributed by atoms with Crippen LogP contribution in [0.3, 0.4) is 0 Å². The molecule has 2 aromatic rings. The zero-order chi connectivity index (χ0) is 12.3. The maximum atomic E-state index is 6.04. The molecule has 0 aliphatic rings. The van der Waals surface area contributed by atoms with Crippen molar-refractivity contribution in [3.8, 4) is 0 Å². The quantitative estimate of drug-likeness (QED) is 0.842. The lowest BCUT2D eigenvalue weighted by atomic mass is 10.1. The number of pyridine rings is 2. The molecule has 0 bridgehead atoms. The minimum absolute atomic E-state index is 0.143. The first kappa shape index (κ1) is 11.9. The average Bonchev–Trinajstić information content (AvgIpc) is 2.35. The molecule has 0 aliphatic heterocycles. The Labute approximate surface area is 106 Å². The van der Waals surface area contributed by atoms with Crippen molar-refractivity contribution in [2.45, 2.75) is 19.9 Å². The van der Waals surface area contributed by atoms with Crippen LogP contribution in [0.15, 0.2) is 36.8 Å². The van der Waals surface area contributed by atoms with Gasteiger partial charge in [-0.1, -0.05) is 17.7 Å². The Hall–Kier alpha value is -1.61. The van der Waals surface area contributed by atoms with E-state index in [2.05, 4.69) is 22.2 Å². The summed E-state index contributed by atoms with van der Waals surface area (Å²) >= 11 is 6.04. The van der Waals surface area contributed by atoms with E-state index in [0.29, 0.717) is 5.15 Å². The molecule has 17 heavy (non-hydrogen) atoms. The van der Waals surface area contributed by atoms with Crippen LogP contribution < -0.4 is 5.32 Å². The van der Waals surface area contributed by atoms with Gasteiger partial charge in [0.1, 0.15) is 0 Å². The van der Waals surface area contributed by atoms with Crippen molar-refractivity contribution in [3.63, 3.8) is 0 Å². The lowest BCUT2D eigenvalue weighted by Crippen LogP contribution is -2.07. The third-order valence-electron chi connectivity index (χ3n) is 2.53. The van der Waals surface area contributed by atoms with Crippen LogP contribution in [0.2, 0.25) is 5.15 Å². The van der Waals surface area contributed by atoms with Crippen LogP contribution >= 0.6 is 11.6 Å². The lowest BCUT2D eigenvalue weighted by molar-refractivity contribution is 0.873. The Morgan fingerprint density at radius 3 is 2.88 bits per heavy atom. The summed E-state index contributed by atoms with van der Waals surface area (Å²) in [5, 5.41) is 3.82. The zero-order valence-corrected chi connectivity index (χ0v) is 10.6. The van der Waals surface area contributed by atoms with Gasteiger partial charge in [-0.15, -0.1) is 0 Å². The predicted octanol–water partition coefficient (Wildman–Crippen LogP) is 3.61. The second-order valence-corrected chi connectivity index (χ2v) is 4.36. The third-order valence-corrected chi connectivity index (χ3v) is 2.83. The third kappa shape index (κ3) is 2.94. The Morgan fingerprint density at radius 1 is 1.35 bits per heavy atom. The van der Waals surface area contributed by atoms with E-state index in [1.807, 2.05) is 31.3 Å². The number of aryl methyl sites for hydroxylation is 1. The summed E-state index contributed by atoms with van der Waals surface area (Å²) in [5.41, 5.74) is 3.04.